The van der Waals surface area contributed by atoms with Crippen LogP contribution < -0.4 is 19.9 Å². The minimum absolute atomic E-state index is 0.0721. The highest BCUT2D eigenvalue weighted by molar-refractivity contribution is 6.04. The number of aromatic carboxylic acids is 1. The zero-order chi connectivity index (χ0) is 21.4. The lowest BCUT2D eigenvalue weighted by Gasteiger charge is -2.42. The number of rotatable bonds is 5. The van der Waals surface area contributed by atoms with Crippen LogP contribution >= 0.6 is 0 Å². The second-order valence-corrected chi connectivity index (χ2v) is 7.80. The third-order valence-electron chi connectivity index (χ3n) is 5.99. The van der Waals surface area contributed by atoms with E-state index in [0.29, 0.717) is 23.3 Å². The van der Waals surface area contributed by atoms with Crippen LogP contribution in [0.15, 0.2) is 30.3 Å². The number of amides is 1. The lowest BCUT2D eigenvalue weighted by molar-refractivity contribution is -0.119. The van der Waals surface area contributed by atoms with Gasteiger partial charge in [-0.15, -0.1) is 0 Å². The fourth-order valence-corrected chi connectivity index (χ4v) is 4.40. The number of carboxylic acid groups (broad SMARTS) is 1. The van der Waals surface area contributed by atoms with E-state index in [0.717, 1.165) is 37.2 Å². The maximum absolute atomic E-state index is 12.8. The number of methoxy groups -OCH3 is 1. The number of likely N-dealkylation sites (N-methyl/N-ethyl adjacent to an activating group) is 1. The molecule has 30 heavy (non-hydrogen) atoms. The molecule has 0 radical (unpaired) electrons. The van der Waals surface area contributed by atoms with Crippen molar-refractivity contribution in [3.63, 3.8) is 0 Å². The Morgan fingerprint density at radius 3 is 2.63 bits per heavy atom. The van der Waals surface area contributed by atoms with Crippen molar-refractivity contribution in [3.05, 3.63) is 35.9 Å². The van der Waals surface area contributed by atoms with Gasteiger partial charge in [0.05, 0.1) is 24.0 Å². The van der Waals surface area contributed by atoms with Gasteiger partial charge in [-0.3, -0.25) is 4.79 Å². The van der Waals surface area contributed by atoms with E-state index in [9.17, 15) is 14.7 Å². The van der Waals surface area contributed by atoms with Gasteiger partial charge in [0, 0.05) is 13.1 Å². The van der Waals surface area contributed by atoms with E-state index in [1.807, 2.05) is 19.1 Å². The molecule has 158 valence electrons. The van der Waals surface area contributed by atoms with Crippen molar-refractivity contribution in [3.8, 4) is 5.75 Å². The van der Waals surface area contributed by atoms with Gasteiger partial charge in [0.1, 0.15) is 17.6 Å². The molecule has 4 rings (SSSR count). The van der Waals surface area contributed by atoms with Crippen molar-refractivity contribution in [2.45, 2.75) is 44.7 Å². The van der Waals surface area contributed by atoms with Crippen LogP contribution in [0.2, 0.25) is 0 Å². The molecule has 0 saturated heterocycles. The zero-order valence-corrected chi connectivity index (χ0v) is 17.4. The van der Waals surface area contributed by atoms with Crippen molar-refractivity contribution in [1.29, 1.82) is 0 Å². The molecule has 2 aromatic rings. The fourth-order valence-electron chi connectivity index (χ4n) is 4.40. The van der Waals surface area contributed by atoms with Crippen molar-refractivity contribution in [2.75, 3.05) is 29.3 Å². The molecule has 8 nitrogen and oxygen atoms in total. The Bertz CT molecular complexity index is 987. The number of benzene rings is 1. The zero-order valence-electron chi connectivity index (χ0n) is 17.4. The third kappa shape index (κ3) is 3.42. The van der Waals surface area contributed by atoms with Crippen LogP contribution in [0, 0.1) is 0 Å². The van der Waals surface area contributed by atoms with E-state index in [1.54, 1.807) is 18.0 Å². The quantitative estimate of drug-likeness (QED) is 0.777. The number of carbonyl (C=O) groups is 2. The number of carboxylic acids is 1. The predicted octanol–water partition coefficient (Wildman–Crippen LogP) is 3.65. The summed E-state index contributed by atoms with van der Waals surface area (Å²) in [4.78, 5) is 32.7. The van der Waals surface area contributed by atoms with Crippen molar-refractivity contribution < 1.29 is 19.4 Å². The summed E-state index contributed by atoms with van der Waals surface area (Å²) in [7, 11) is 3.28. The highest BCUT2D eigenvalue weighted by atomic mass is 16.5. The van der Waals surface area contributed by atoms with E-state index in [4.69, 9.17) is 9.72 Å². The summed E-state index contributed by atoms with van der Waals surface area (Å²) in [5, 5.41) is 12.4. The number of hydrogen-bond donors (Lipinski definition) is 2. The summed E-state index contributed by atoms with van der Waals surface area (Å²) in [5.74, 6) is 0.877. The Kier molecular flexibility index (Phi) is 5.24. The van der Waals surface area contributed by atoms with Gasteiger partial charge in [-0.05, 0) is 50.1 Å². The first-order valence-corrected chi connectivity index (χ1v) is 10.2. The Hall–Kier alpha value is -3.29. The van der Waals surface area contributed by atoms with Gasteiger partial charge in [0.15, 0.2) is 5.82 Å². The summed E-state index contributed by atoms with van der Waals surface area (Å²) in [6.07, 6.45) is 4.45. The molecule has 1 saturated carbocycles. The van der Waals surface area contributed by atoms with Gasteiger partial charge in [0.25, 0.3) is 0 Å². The molecule has 8 heteroatoms. The first kappa shape index (κ1) is 20.0. The average molecular weight is 410 g/mol. The number of anilines is 4. The lowest BCUT2D eigenvalue weighted by atomic mass is 10.1. The second-order valence-electron chi connectivity index (χ2n) is 7.80. The Morgan fingerprint density at radius 2 is 1.97 bits per heavy atom. The molecule has 0 unspecified atom stereocenters. The molecule has 0 bridgehead atoms. The predicted molar refractivity (Wildman–Crippen MR) is 115 cm³/mol. The first-order chi connectivity index (χ1) is 14.4. The molecular formula is C22H26N4O4. The smallest absolute Gasteiger partial charge is 0.335 e. The van der Waals surface area contributed by atoms with E-state index < -0.39 is 5.97 Å². The number of nitrogens with zero attached hydrogens (tertiary/aromatic N) is 3. The topological polar surface area (TPSA) is 95.0 Å². The number of nitrogens with one attached hydrogen (secondary N) is 1. The molecule has 1 aliphatic carbocycles. The van der Waals surface area contributed by atoms with Crippen LogP contribution in [0.25, 0.3) is 0 Å². The van der Waals surface area contributed by atoms with Crippen LogP contribution in [0.1, 0.15) is 43.0 Å². The lowest BCUT2D eigenvalue weighted by Crippen LogP contribution is -2.54. The summed E-state index contributed by atoms with van der Waals surface area (Å²) < 4.78 is 5.35. The van der Waals surface area contributed by atoms with E-state index >= 15 is 0 Å². The monoisotopic (exact) mass is 410 g/mol. The maximum atomic E-state index is 12.8. The van der Waals surface area contributed by atoms with Crippen molar-refractivity contribution in [2.24, 2.45) is 0 Å². The Morgan fingerprint density at radius 1 is 1.23 bits per heavy atom. The van der Waals surface area contributed by atoms with Crippen LogP contribution in [0.5, 0.6) is 5.75 Å². The molecular weight excluding hydrogens is 384 g/mol. The maximum Gasteiger partial charge on any atom is 0.335 e. The largest absolute Gasteiger partial charge is 0.495 e. The van der Waals surface area contributed by atoms with Crippen LogP contribution in [0.3, 0.4) is 0 Å². The number of hydrogen-bond acceptors (Lipinski definition) is 6. The average Bonchev–Trinajstić information content (AvgIpc) is 3.26. The number of fused-ring (bicyclic) bond motifs is 1. The standard InChI is InChI=1S/C22H26N4O4/c1-13-21(27)25(2)17-10-11-19(24-20(17)26(13)15-6-4-5-7-15)23-16-9-8-14(22(28)29)12-18(16)30-3/h8-13,15H,4-7H2,1-3H3,(H,23,24)(H,28,29)/t13-/m1/s1. The van der Waals surface area contributed by atoms with Crippen molar-refractivity contribution >= 4 is 34.9 Å². The van der Waals surface area contributed by atoms with E-state index in [2.05, 4.69) is 10.2 Å². The van der Waals surface area contributed by atoms with E-state index in [-0.39, 0.29) is 17.5 Å². The Labute approximate surface area is 175 Å². The van der Waals surface area contributed by atoms with Crippen LogP contribution in [-0.2, 0) is 4.79 Å². The molecule has 1 atom stereocenters. The third-order valence-corrected chi connectivity index (χ3v) is 5.99. The molecule has 1 aliphatic heterocycles. The number of ether oxygens (including phenoxy) is 1. The molecule has 1 amide bonds. The molecule has 2 aliphatic rings. The number of pyridine rings is 1. The summed E-state index contributed by atoms with van der Waals surface area (Å²) in [5.41, 5.74) is 1.57. The van der Waals surface area contributed by atoms with Gasteiger partial charge in [-0.1, -0.05) is 12.8 Å². The second kappa shape index (κ2) is 7.85. The summed E-state index contributed by atoms with van der Waals surface area (Å²) in [6, 6.07) is 8.41. The minimum Gasteiger partial charge on any atom is -0.495 e. The highest BCUT2D eigenvalue weighted by Gasteiger charge is 2.39. The van der Waals surface area contributed by atoms with Gasteiger partial charge >= 0.3 is 5.97 Å². The molecule has 1 aromatic carbocycles. The number of carbonyl (C=O) groups excluding carboxylic acids is 1. The van der Waals surface area contributed by atoms with Crippen molar-refractivity contribution in [1.82, 2.24) is 4.98 Å². The molecule has 0 spiro atoms. The van der Waals surface area contributed by atoms with Gasteiger partial charge < -0.3 is 25.0 Å². The molecule has 1 fully saturated rings. The minimum atomic E-state index is -1.01. The highest BCUT2D eigenvalue weighted by Crippen LogP contribution is 2.40. The van der Waals surface area contributed by atoms with Gasteiger partial charge in [-0.25, -0.2) is 9.78 Å². The first-order valence-electron chi connectivity index (χ1n) is 10.2. The van der Waals surface area contributed by atoms with Crippen LogP contribution in [0.4, 0.5) is 23.0 Å². The summed E-state index contributed by atoms with van der Waals surface area (Å²) in [6.45, 7) is 1.94. The van der Waals surface area contributed by atoms with Crippen LogP contribution in [-0.4, -0.2) is 48.2 Å². The molecule has 1 aromatic heterocycles. The number of aromatic nitrogens is 1. The van der Waals surface area contributed by atoms with Gasteiger partial charge in [0.2, 0.25) is 5.91 Å². The summed E-state index contributed by atoms with van der Waals surface area (Å²) >= 11 is 0. The SMILES string of the molecule is COc1cc(C(=O)O)ccc1Nc1ccc2c(n1)N(C1CCCC1)[C@H](C)C(=O)N2C. The van der Waals surface area contributed by atoms with E-state index in [1.165, 1.54) is 19.2 Å². The molecule has 2 heterocycles. The Balaban J connectivity index is 1.71. The fraction of sp³-hybridized carbons (Fsp3) is 0.409. The van der Waals surface area contributed by atoms with Gasteiger partial charge in [-0.2, -0.15) is 0 Å². The normalized spacial score (nSPS) is 19.0. The molecule has 2 N–H and O–H groups in total.